The number of halogens is 1. The van der Waals surface area contributed by atoms with Gasteiger partial charge in [-0.25, -0.2) is 9.78 Å². The predicted octanol–water partition coefficient (Wildman–Crippen LogP) is 4.86. The maximum Gasteiger partial charge on any atom is 0.336 e. The van der Waals surface area contributed by atoms with E-state index in [4.69, 9.17) is 20.8 Å². The van der Waals surface area contributed by atoms with Crippen molar-refractivity contribution in [1.29, 1.82) is 0 Å². The molecule has 0 unspecified atom stereocenters. The van der Waals surface area contributed by atoms with Crippen LogP contribution in [-0.4, -0.2) is 11.7 Å². The number of benzene rings is 2. The minimum Gasteiger partial charge on any atom is -0.471 e. The van der Waals surface area contributed by atoms with Crippen molar-refractivity contribution in [3.05, 3.63) is 87.9 Å². The topological polar surface area (TPSA) is 55.6 Å². The Balaban J connectivity index is 1.73. The summed E-state index contributed by atoms with van der Waals surface area (Å²) in [5.41, 5.74) is 2.53. The highest BCUT2D eigenvalue weighted by atomic mass is 35.5. The van der Waals surface area contributed by atoms with Crippen molar-refractivity contribution in [2.24, 2.45) is 0 Å². The van der Waals surface area contributed by atoms with Crippen molar-refractivity contribution in [2.45, 2.75) is 6.54 Å². The second kappa shape index (κ2) is 6.69. The summed E-state index contributed by atoms with van der Waals surface area (Å²) in [5.74, 6) is 1.33. The van der Waals surface area contributed by atoms with E-state index in [0.29, 0.717) is 29.6 Å². The van der Waals surface area contributed by atoms with Crippen molar-refractivity contribution < 1.29 is 9.15 Å². The molecule has 138 valence electrons. The number of nitrogens with zero attached hydrogens (tertiary/aromatic N) is 2. The third-order valence-corrected chi connectivity index (χ3v) is 5.09. The van der Waals surface area contributed by atoms with Crippen LogP contribution in [0.2, 0.25) is 5.02 Å². The van der Waals surface area contributed by atoms with Crippen LogP contribution in [0.1, 0.15) is 5.56 Å². The summed E-state index contributed by atoms with van der Waals surface area (Å²) in [5, 5.41) is 1.27. The van der Waals surface area contributed by atoms with Gasteiger partial charge >= 0.3 is 5.63 Å². The van der Waals surface area contributed by atoms with E-state index >= 15 is 0 Å². The molecule has 5 rings (SSSR count). The Kier molecular flexibility index (Phi) is 4.02. The van der Waals surface area contributed by atoms with Crippen molar-refractivity contribution in [3.8, 4) is 16.9 Å². The maximum atomic E-state index is 12.3. The first-order valence-corrected chi connectivity index (χ1v) is 9.22. The third kappa shape index (κ3) is 2.80. The van der Waals surface area contributed by atoms with E-state index in [1.54, 1.807) is 12.3 Å². The molecule has 0 bridgehead atoms. The number of hydrogen-bond acceptors (Lipinski definition) is 5. The average molecular weight is 391 g/mol. The molecule has 0 saturated heterocycles. The highest BCUT2D eigenvalue weighted by Crippen LogP contribution is 2.41. The van der Waals surface area contributed by atoms with Gasteiger partial charge in [0.15, 0.2) is 6.73 Å². The number of ether oxygens (including phenoxy) is 1. The molecule has 0 N–H and O–H groups in total. The monoisotopic (exact) mass is 390 g/mol. The Hall–Kier alpha value is -3.31. The normalized spacial score (nSPS) is 13.2. The van der Waals surface area contributed by atoms with Gasteiger partial charge in [-0.15, -0.1) is 0 Å². The van der Waals surface area contributed by atoms with Crippen molar-refractivity contribution >= 4 is 28.4 Å². The SMILES string of the molecule is O=c1cc(-c2ccccc2)c2cc(Cl)c3c(c2o1)CN(c1ccccn1)CO3. The Morgan fingerprint density at radius 3 is 2.64 bits per heavy atom. The Morgan fingerprint density at radius 2 is 1.86 bits per heavy atom. The van der Waals surface area contributed by atoms with Crippen LogP contribution < -0.4 is 15.3 Å². The van der Waals surface area contributed by atoms with Crippen LogP contribution in [0, 0.1) is 0 Å². The van der Waals surface area contributed by atoms with Gasteiger partial charge in [-0.3, -0.25) is 0 Å². The van der Waals surface area contributed by atoms with Crippen LogP contribution in [0.5, 0.6) is 5.75 Å². The lowest BCUT2D eigenvalue weighted by Crippen LogP contribution is -2.32. The maximum absolute atomic E-state index is 12.3. The zero-order chi connectivity index (χ0) is 19.1. The molecule has 5 nitrogen and oxygen atoms in total. The zero-order valence-electron chi connectivity index (χ0n) is 14.8. The summed E-state index contributed by atoms with van der Waals surface area (Å²) < 4.78 is 11.5. The van der Waals surface area contributed by atoms with Gasteiger partial charge in [-0.1, -0.05) is 48.0 Å². The van der Waals surface area contributed by atoms with E-state index in [-0.39, 0.29) is 0 Å². The molecule has 0 atom stereocenters. The summed E-state index contributed by atoms with van der Waals surface area (Å²) >= 11 is 6.54. The van der Waals surface area contributed by atoms with E-state index in [2.05, 4.69) is 4.98 Å². The molecule has 0 amide bonds. The molecule has 0 radical (unpaired) electrons. The first-order chi connectivity index (χ1) is 13.7. The molecule has 0 saturated carbocycles. The minimum atomic E-state index is -0.411. The van der Waals surface area contributed by atoms with Gasteiger partial charge < -0.3 is 14.1 Å². The number of rotatable bonds is 2. The molecule has 6 heteroatoms. The molecule has 3 heterocycles. The van der Waals surface area contributed by atoms with Gasteiger partial charge in [-0.05, 0) is 29.3 Å². The molecule has 4 aromatic rings. The van der Waals surface area contributed by atoms with Gasteiger partial charge in [0.2, 0.25) is 0 Å². The summed E-state index contributed by atoms with van der Waals surface area (Å²) in [6.45, 7) is 0.794. The minimum absolute atomic E-state index is 0.317. The number of pyridine rings is 1. The number of anilines is 1. The molecule has 0 fully saturated rings. The van der Waals surface area contributed by atoms with Gasteiger partial charge in [-0.2, -0.15) is 0 Å². The fourth-order valence-corrected chi connectivity index (χ4v) is 3.81. The van der Waals surface area contributed by atoms with Crippen LogP contribution in [0.3, 0.4) is 0 Å². The van der Waals surface area contributed by atoms with Gasteiger partial charge in [0, 0.05) is 17.6 Å². The molecule has 0 aliphatic carbocycles. The summed E-state index contributed by atoms with van der Waals surface area (Å²) in [7, 11) is 0. The van der Waals surface area contributed by atoms with Crippen LogP contribution in [0.15, 0.2) is 76.1 Å². The largest absolute Gasteiger partial charge is 0.471 e. The number of hydrogen-bond donors (Lipinski definition) is 0. The van der Waals surface area contributed by atoms with E-state index in [9.17, 15) is 4.79 Å². The smallest absolute Gasteiger partial charge is 0.336 e. The molecular weight excluding hydrogens is 376 g/mol. The van der Waals surface area contributed by atoms with Crippen LogP contribution in [0.25, 0.3) is 22.1 Å². The van der Waals surface area contributed by atoms with E-state index in [0.717, 1.165) is 27.9 Å². The quantitative estimate of drug-likeness (QED) is 0.457. The molecule has 1 aliphatic heterocycles. The van der Waals surface area contributed by atoms with Crippen molar-refractivity contribution in [2.75, 3.05) is 11.6 Å². The number of aromatic nitrogens is 1. The Bertz CT molecular complexity index is 1220. The number of fused-ring (bicyclic) bond motifs is 3. The average Bonchev–Trinajstić information content (AvgIpc) is 2.75. The fourth-order valence-electron chi connectivity index (χ4n) is 3.53. The van der Waals surface area contributed by atoms with E-state index in [1.165, 1.54) is 6.07 Å². The third-order valence-electron chi connectivity index (χ3n) is 4.81. The first kappa shape index (κ1) is 16.8. The summed E-state index contributed by atoms with van der Waals surface area (Å²) in [6.07, 6.45) is 1.73. The molecule has 1 aliphatic rings. The van der Waals surface area contributed by atoms with E-state index < -0.39 is 5.63 Å². The summed E-state index contributed by atoms with van der Waals surface area (Å²) in [6, 6.07) is 18.7. The van der Waals surface area contributed by atoms with Crippen LogP contribution >= 0.6 is 11.6 Å². The van der Waals surface area contributed by atoms with Crippen molar-refractivity contribution in [3.63, 3.8) is 0 Å². The van der Waals surface area contributed by atoms with Crippen molar-refractivity contribution in [1.82, 2.24) is 4.98 Å². The highest BCUT2D eigenvalue weighted by molar-refractivity contribution is 6.33. The standard InChI is InChI=1S/C22H15ClN2O3/c23-18-10-16-15(14-6-2-1-3-7-14)11-20(26)28-21(16)17-12-25(13-27-22(17)18)19-8-4-5-9-24-19/h1-11H,12-13H2. The Morgan fingerprint density at radius 1 is 1.04 bits per heavy atom. The van der Waals surface area contributed by atoms with Gasteiger partial charge in [0.25, 0.3) is 0 Å². The second-order valence-corrected chi connectivity index (χ2v) is 6.95. The van der Waals surface area contributed by atoms with Crippen LogP contribution in [-0.2, 0) is 6.54 Å². The molecule has 2 aromatic carbocycles. The molecule has 0 spiro atoms. The second-order valence-electron chi connectivity index (χ2n) is 6.55. The Labute approximate surface area is 165 Å². The highest BCUT2D eigenvalue weighted by Gasteiger charge is 2.26. The van der Waals surface area contributed by atoms with Gasteiger partial charge in [0.05, 0.1) is 17.1 Å². The molecular formula is C22H15ClN2O3. The predicted molar refractivity (Wildman–Crippen MR) is 109 cm³/mol. The lowest BCUT2D eigenvalue weighted by atomic mass is 9.99. The fraction of sp³-hybridized carbons (Fsp3) is 0.0909. The lowest BCUT2D eigenvalue weighted by Gasteiger charge is -2.30. The van der Waals surface area contributed by atoms with E-state index in [1.807, 2.05) is 53.4 Å². The van der Waals surface area contributed by atoms with Gasteiger partial charge in [0.1, 0.15) is 17.2 Å². The first-order valence-electron chi connectivity index (χ1n) is 8.84. The summed E-state index contributed by atoms with van der Waals surface area (Å²) in [4.78, 5) is 18.7. The molecule has 2 aromatic heterocycles. The molecule has 28 heavy (non-hydrogen) atoms. The lowest BCUT2D eigenvalue weighted by molar-refractivity contribution is 0.288. The zero-order valence-corrected chi connectivity index (χ0v) is 15.5. The van der Waals surface area contributed by atoms with Crippen LogP contribution in [0.4, 0.5) is 5.82 Å².